The number of rotatable bonds is 6. The number of aromatic nitrogens is 2. The Bertz CT molecular complexity index is 1040. The van der Waals surface area contributed by atoms with Gasteiger partial charge in [-0.05, 0) is 24.3 Å². The van der Waals surface area contributed by atoms with Crippen molar-refractivity contribution in [2.24, 2.45) is 10.2 Å². The van der Waals surface area contributed by atoms with Crippen molar-refractivity contribution in [2.45, 2.75) is 6.92 Å². The van der Waals surface area contributed by atoms with E-state index in [2.05, 4.69) is 15.3 Å². The van der Waals surface area contributed by atoms with Crippen molar-refractivity contribution in [1.82, 2.24) is 9.78 Å². The molecular formula is C19H18N4O3S. The Hall–Kier alpha value is -3.26. The van der Waals surface area contributed by atoms with Gasteiger partial charge in [-0.2, -0.15) is 10.2 Å². The summed E-state index contributed by atoms with van der Waals surface area (Å²) < 4.78 is 12.1. The third-order valence-electron chi connectivity index (χ3n) is 3.64. The summed E-state index contributed by atoms with van der Waals surface area (Å²) in [5, 5.41) is 13.1. The first-order chi connectivity index (χ1) is 13.1. The van der Waals surface area contributed by atoms with Crippen molar-refractivity contribution in [2.75, 3.05) is 14.2 Å². The smallest absolute Gasteiger partial charge is 0.233 e. The molecule has 0 saturated carbocycles. The van der Waals surface area contributed by atoms with Gasteiger partial charge >= 0.3 is 0 Å². The maximum absolute atomic E-state index is 11.7. The first-order valence-electron chi connectivity index (χ1n) is 8.08. The Morgan fingerprint density at radius 1 is 1.15 bits per heavy atom. The van der Waals surface area contributed by atoms with Crippen molar-refractivity contribution in [3.63, 3.8) is 0 Å². The first-order valence-corrected chi connectivity index (χ1v) is 8.89. The van der Waals surface area contributed by atoms with Gasteiger partial charge in [0.05, 0.1) is 26.1 Å². The SMILES string of the molecule is COc1ccc(/C=N/N=c2/sc(C(C)=O)nn2-c2ccccc2)c(OC)c1. The number of carbonyl (C=O) groups excluding carboxylic acids is 1. The van der Waals surface area contributed by atoms with Crippen molar-refractivity contribution in [3.05, 3.63) is 63.9 Å². The van der Waals surface area contributed by atoms with Gasteiger partial charge in [-0.25, -0.2) is 4.68 Å². The normalized spacial score (nSPS) is 11.7. The largest absolute Gasteiger partial charge is 0.497 e. The van der Waals surface area contributed by atoms with Gasteiger partial charge in [0.2, 0.25) is 4.80 Å². The molecule has 0 fully saturated rings. The van der Waals surface area contributed by atoms with Crippen LogP contribution in [-0.2, 0) is 0 Å². The summed E-state index contributed by atoms with van der Waals surface area (Å²) in [6.07, 6.45) is 1.58. The van der Waals surface area contributed by atoms with Crippen molar-refractivity contribution < 1.29 is 14.3 Å². The van der Waals surface area contributed by atoms with Crippen LogP contribution in [0.5, 0.6) is 11.5 Å². The number of para-hydroxylation sites is 1. The maximum Gasteiger partial charge on any atom is 0.233 e. The summed E-state index contributed by atoms with van der Waals surface area (Å²) in [5.74, 6) is 1.20. The Labute approximate surface area is 160 Å². The second-order valence-corrected chi connectivity index (χ2v) is 6.40. The van der Waals surface area contributed by atoms with E-state index in [9.17, 15) is 4.79 Å². The minimum absolute atomic E-state index is 0.119. The van der Waals surface area contributed by atoms with Crippen LogP contribution >= 0.6 is 11.3 Å². The second-order valence-electron chi connectivity index (χ2n) is 5.45. The van der Waals surface area contributed by atoms with E-state index in [1.165, 1.54) is 18.3 Å². The van der Waals surface area contributed by atoms with Crippen LogP contribution in [0.25, 0.3) is 5.69 Å². The Balaban J connectivity index is 2.00. The molecular weight excluding hydrogens is 364 g/mol. The molecule has 0 spiro atoms. The maximum atomic E-state index is 11.7. The van der Waals surface area contributed by atoms with Gasteiger partial charge in [-0.15, -0.1) is 5.10 Å². The predicted octanol–water partition coefficient (Wildman–Crippen LogP) is 3.09. The Morgan fingerprint density at radius 3 is 2.59 bits per heavy atom. The Morgan fingerprint density at radius 2 is 1.93 bits per heavy atom. The zero-order valence-electron chi connectivity index (χ0n) is 15.1. The molecule has 0 radical (unpaired) electrons. The molecule has 1 heterocycles. The standard InChI is InChI=1S/C19H18N4O3S/c1-13(24)18-22-23(15-7-5-4-6-8-15)19(27-18)21-20-12-14-9-10-16(25-2)11-17(14)26-3/h4-12H,1-3H3/b20-12+,21-19+. The van der Waals surface area contributed by atoms with E-state index in [4.69, 9.17) is 9.47 Å². The highest BCUT2D eigenvalue weighted by molar-refractivity contribution is 7.10. The number of ketones is 1. The van der Waals surface area contributed by atoms with E-state index in [-0.39, 0.29) is 5.78 Å². The highest BCUT2D eigenvalue weighted by atomic mass is 32.1. The number of hydrogen-bond donors (Lipinski definition) is 0. The second kappa shape index (κ2) is 8.41. The van der Waals surface area contributed by atoms with Crippen LogP contribution in [0, 0.1) is 0 Å². The van der Waals surface area contributed by atoms with E-state index in [0.717, 1.165) is 11.3 Å². The monoisotopic (exact) mass is 382 g/mol. The first kappa shape index (κ1) is 18.5. The van der Waals surface area contributed by atoms with Crippen LogP contribution in [0.3, 0.4) is 0 Å². The molecule has 0 aliphatic heterocycles. The molecule has 0 aliphatic rings. The minimum atomic E-state index is -0.119. The van der Waals surface area contributed by atoms with Gasteiger partial charge < -0.3 is 9.47 Å². The van der Waals surface area contributed by atoms with Gasteiger partial charge in [0, 0.05) is 18.6 Å². The van der Waals surface area contributed by atoms with Crippen LogP contribution in [0.2, 0.25) is 0 Å². The predicted molar refractivity (Wildman–Crippen MR) is 104 cm³/mol. The number of hydrogen-bond acceptors (Lipinski definition) is 7. The molecule has 0 aliphatic carbocycles. The molecule has 0 bridgehead atoms. The highest BCUT2D eigenvalue weighted by Gasteiger charge is 2.10. The molecule has 138 valence electrons. The zero-order chi connectivity index (χ0) is 19.2. The quantitative estimate of drug-likeness (QED) is 0.373. The molecule has 8 heteroatoms. The lowest BCUT2D eigenvalue weighted by atomic mass is 10.2. The number of Topliss-reactive ketones (excluding diaryl/α,β-unsaturated/α-hetero) is 1. The molecule has 1 aromatic heterocycles. The lowest BCUT2D eigenvalue weighted by molar-refractivity contribution is 0.101. The molecule has 0 N–H and O–H groups in total. The van der Waals surface area contributed by atoms with Crippen molar-refractivity contribution >= 4 is 23.3 Å². The lowest BCUT2D eigenvalue weighted by Gasteiger charge is -2.06. The van der Waals surface area contributed by atoms with Gasteiger partial charge in [0.1, 0.15) is 11.5 Å². The summed E-state index contributed by atoms with van der Waals surface area (Å²) in [6.45, 7) is 1.48. The fraction of sp³-hybridized carbons (Fsp3) is 0.158. The van der Waals surface area contributed by atoms with Crippen LogP contribution in [0.15, 0.2) is 58.7 Å². The van der Waals surface area contributed by atoms with Crippen molar-refractivity contribution in [1.29, 1.82) is 0 Å². The molecule has 0 atom stereocenters. The molecule has 0 amide bonds. The van der Waals surface area contributed by atoms with Crippen LogP contribution in [-0.4, -0.2) is 36.0 Å². The van der Waals surface area contributed by atoms with E-state index in [1.807, 2.05) is 42.5 Å². The van der Waals surface area contributed by atoms with Gasteiger partial charge in [-0.3, -0.25) is 4.79 Å². The van der Waals surface area contributed by atoms with E-state index >= 15 is 0 Å². The number of methoxy groups -OCH3 is 2. The third-order valence-corrected chi connectivity index (χ3v) is 4.64. The molecule has 3 aromatic rings. The van der Waals surface area contributed by atoms with E-state index in [1.54, 1.807) is 31.2 Å². The highest BCUT2D eigenvalue weighted by Crippen LogP contribution is 2.23. The number of nitrogens with zero attached hydrogens (tertiary/aromatic N) is 4. The minimum Gasteiger partial charge on any atom is -0.497 e. The average Bonchev–Trinajstić information content (AvgIpc) is 3.13. The number of carbonyl (C=O) groups is 1. The van der Waals surface area contributed by atoms with Crippen LogP contribution in [0.1, 0.15) is 22.3 Å². The molecule has 3 rings (SSSR count). The number of ether oxygens (including phenoxy) is 2. The average molecular weight is 382 g/mol. The summed E-state index contributed by atoms with van der Waals surface area (Å²) in [6, 6.07) is 14.9. The Kier molecular flexibility index (Phi) is 5.77. The molecule has 0 saturated heterocycles. The fourth-order valence-electron chi connectivity index (χ4n) is 2.29. The summed E-state index contributed by atoms with van der Waals surface area (Å²) in [7, 11) is 3.17. The summed E-state index contributed by atoms with van der Waals surface area (Å²) in [4.78, 5) is 12.2. The third kappa shape index (κ3) is 4.29. The molecule has 27 heavy (non-hydrogen) atoms. The molecule has 2 aromatic carbocycles. The summed E-state index contributed by atoms with van der Waals surface area (Å²) >= 11 is 1.18. The van der Waals surface area contributed by atoms with Gasteiger partial charge in [0.25, 0.3) is 0 Å². The zero-order valence-corrected chi connectivity index (χ0v) is 15.9. The van der Waals surface area contributed by atoms with E-state index < -0.39 is 0 Å². The topological polar surface area (TPSA) is 78.1 Å². The molecule has 0 unspecified atom stereocenters. The van der Waals surface area contributed by atoms with Gasteiger partial charge in [0.15, 0.2) is 10.8 Å². The lowest BCUT2D eigenvalue weighted by Crippen LogP contribution is -2.13. The van der Waals surface area contributed by atoms with Crippen LogP contribution < -0.4 is 14.3 Å². The van der Waals surface area contributed by atoms with E-state index in [0.29, 0.717) is 21.3 Å². The van der Waals surface area contributed by atoms with Crippen molar-refractivity contribution in [3.8, 4) is 17.2 Å². The fourth-order valence-corrected chi connectivity index (χ4v) is 3.05. The number of benzene rings is 2. The van der Waals surface area contributed by atoms with Crippen LogP contribution in [0.4, 0.5) is 0 Å². The summed E-state index contributed by atoms with van der Waals surface area (Å²) in [5.41, 5.74) is 1.56. The molecule has 7 nitrogen and oxygen atoms in total. The van der Waals surface area contributed by atoms with Gasteiger partial charge in [-0.1, -0.05) is 29.5 Å².